The molecule has 0 amide bonds. The zero-order valence-electron chi connectivity index (χ0n) is 18.0. The molecule has 0 atom stereocenters. The van der Waals surface area contributed by atoms with E-state index in [1.54, 1.807) is 7.11 Å². The van der Waals surface area contributed by atoms with Crippen LogP contribution in [0.3, 0.4) is 0 Å². The number of hydrogen-bond acceptors (Lipinski definition) is 6. The fourth-order valence-corrected chi connectivity index (χ4v) is 3.35. The van der Waals surface area contributed by atoms with Gasteiger partial charge < -0.3 is 14.0 Å². The fraction of sp³-hybridized carbons (Fsp3) is 0.304. The van der Waals surface area contributed by atoms with Gasteiger partial charge in [-0.25, -0.2) is 9.48 Å². The van der Waals surface area contributed by atoms with E-state index in [4.69, 9.17) is 9.47 Å². The molecule has 0 aliphatic carbocycles. The second-order valence-corrected chi connectivity index (χ2v) is 7.21. The number of ketones is 1. The maximum atomic E-state index is 12.7. The van der Waals surface area contributed by atoms with Crippen molar-refractivity contribution < 1.29 is 19.1 Å². The van der Waals surface area contributed by atoms with Crippen molar-refractivity contribution in [2.24, 2.45) is 7.05 Å². The van der Waals surface area contributed by atoms with Crippen molar-refractivity contribution in [1.82, 2.24) is 14.3 Å². The first-order valence-corrected chi connectivity index (χ1v) is 9.84. The second kappa shape index (κ2) is 9.42. The molecular formula is C23H25N3O5. The summed E-state index contributed by atoms with van der Waals surface area (Å²) in [6.07, 6.45) is 0.807. The van der Waals surface area contributed by atoms with E-state index in [0.29, 0.717) is 5.56 Å². The van der Waals surface area contributed by atoms with E-state index >= 15 is 0 Å². The number of rotatable bonds is 8. The number of benzene rings is 1. The molecule has 3 aromatic rings. The summed E-state index contributed by atoms with van der Waals surface area (Å²) in [7, 11) is 3.07. The quantitative estimate of drug-likeness (QED) is 0.408. The average Bonchev–Trinajstić information content (AvgIpc) is 3.06. The number of methoxy groups -OCH3 is 1. The highest BCUT2D eigenvalue weighted by Crippen LogP contribution is 2.18. The average molecular weight is 423 g/mol. The Hall–Kier alpha value is -3.68. The minimum absolute atomic E-state index is 0.0279. The van der Waals surface area contributed by atoms with Gasteiger partial charge in [-0.3, -0.25) is 9.59 Å². The summed E-state index contributed by atoms with van der Waals surface area (Å²) in [5.74, 6) is -0.230. The van der Waals surface area contributed by atoms with Crippen molar-refractivity contribution in [3.05, 3.63) is 81.0 Å². The molecule has 8 nitrogen and oxygen atoms in total. The molecule has 0 aliphatic rings. The smallest absolute Gasteiger partial charge is 0.359 e. The van der Waals surface area contributed by atoms with Crippen molar-refractivity contribution in [3.8, 4) is 5.75 Å². The summed E-state index contributed by atoms with van der Waals surface area (Å²) in [4.78, 5) is 36.2. The Morgan fingerprint density at radius 2 is 1.77 bits per heavy atom. The van der Waals surface area contributed by atoms with Crippen LogP contribution >= 0.6 is 0 Å². The number of aryl methyl sites for hydroxylation is 3. The first-order chi connectivity index (χ1) is 14.8. The molecule has 0 bridgehead atoms. The molecule has 0 saturated carbocycles. The Morgan fingerprint density at radius 1 is 1.06 bits per heavy atom. The highest BCUT2D eigenvalue weighted by Gasteiger charge is 2.18. The van der Waals surface area contributed by atoms with Gasteiger partial charge in [0.15, 0.2) is 12.3 Å². The topological polar surface area (TPSA) is 92.4 Å². The predicted molar refractivity (Wildman–Crippen MR) is 115 cm³/mol. The van der Waals surface area contributed by atoms with Crippen LogP contribution in [-0.2, 0) is 24.8 Å². The van der Waals surface area contributed by atoms with Gasteiger partial charge in [-0.05, 0) is 50.1 Å². The maximum absolute atomic E-state index is 12.7. The van der Waals surface area contributed by atoms with Crippen LogP contribution in [0.4, 0.5) is 0 Å². The van der Waals surface area contributed by atoms with E-state index in [2.05, 4.69) is 9.67 Å². The minimum Gasteiger partial charge on any atom is -0.497 e. The van der Waals surface area contributed by atoms with Gasteiger partial charge in [0, 0.05) is 36.6 Å². The largest absolute Gasteiger partial charge is 0.497 e. The minimum atomic E-state index is -0.753. The van der Waals surface area contributed by atoms with Gasteiger partial charge in [-0.15, -0.1) is 0 Å². The van der Waals surface area contributed by atoms with Crippen LogP contribution in [-0.4, -0.2) is 39.8 Å². The van der Waals surface area contributed by atoms with Crippen LogP contribution in [0.25, 0.3) is 0 Å². The van der Waals surface area contributed by atoms with Crippen LogP contribution in [0.15, 0.2) is 47.3 Å². The number of carbonyl (C=O) groups is 2. The summed E-state index contributed by atoms with van der Waals surface area (Å²) in [5, 5.41) is 3.83. The van der Waals surface area contributed by atoms with Gasteiger partial charge in [0.05, 0.1) is 7.11 Å². The SMILES string of the molecule is COc1ccc(CCn2c(C)cc(C(=O)COC(=O)c3ccc(=O)n(C)n3)c2C)cc1. The molecule has 0 radical (unpaired) electrons. The molecule has 162 valence electrons. The van der Waals surface area contributed by atoms with E-state index in [-0.39, 0.29) is 17.0 Å². The number of carbonyl (C=O) groups excluding carboxylic acids is 2. The molecule has 0 saturated heterocycles. The Morgan fingerprint density at radius 3 is 2.42 bits per heavy atom. The highest BCUT2D eigenvalue weighted by molar-refractivity contribution is 6.00. The van der Waals surface area contributed by atoms with Gasteiger partial charge in [0.1, 0.15) is 5.75 Å². The lowest BCUT2D eigenvalue weighted by Crippen LogP contribution is -2.23. The Balaban J connectivity index is 1.64. The molecular weight excluding hydrogens is 398 g/mol. The predicted octanol–water partition coefficient (Wildman–Crippen LogP) is 2.49. The van der Waals surface area contributed by atoms with Crippen LogP contribution in [0.1, 0.15) is 37.8 Å². The highest BCUT2D eigenvalue weighted by atomic mass is 16.5. The van der Waals surface area contributed by atoms with Crippen molar-refractivity contribution >= 4 is 11.8 Å². The molecule has 0 unspecified atom stereocenters. The lowest BCUT2D eigenvalue weighted by atomic mass is 10.1. The third-order valence-electron chi connectivity index (χ3n) is 5.16. The zero-order chi connectivity index (χ0) is 22.5. The van der Waals surface area contributed by atoms with Crippen LogP contribution in [0.2, 0.25) is 0 Å². The maximum Gasteiger partial charge on any atom is 0.359 e. The van der Waals surface area contributed by atoms with Gasteiger partial charge in [0.25, 0.3) is 5.56 Å². The number of nitrogens with zero attached hydrogens (tertiary/aromatic N) is 3. The number of Topliss-reactive ketones (excluding diaryl/α,β-unsaturated/α-hetero) is 1. The first-order valence-electron chi connectivity index (χ1n) is 9.84. The molecule has 31 heavy (non-hydrogen) atoms. The second-order valence-electron chi connectivity index (χ2n) is 7.21. The third-order valence-corrected chi connectivity index (χ3v) is 5.16. The van der Waals surface area contributed by atoms with E-state index < -0.39 is 12.6 Å². The van der Waals surface area contributed by atoms with Gasteiger partial charge in [0.2, 0.25) is 5.78 Å². The summed E-state index contributed by atoms with van der Waals surface area (Å²) >= 11 is 0. The molecule has 0 N–H and O–H groups in total. The van der Waals surface area contributed by atoms with Crippen molar-refractivity contribution in [2.45, 2.75) is 26.8 Å². The lowest BCUT2D eigenvalue weighted by molar-refractivity contribution is 0.0466. The number of aromatic nitrogens is 3. The molecule has 0 spiro atoms. The van der Waals surface area contributed by atoms with E-state index in [9.17, 15) is 14.4 Å². The Labute approximate surface area is 180 Å². The monoisotopic (exact) mass is 423 g/mol. The number of ether oxygens (including phenoxy) is 2. The summed E-state index contributed by atoms with van der Waals surface area (Å²) in [5.41, 5.74) is 3.11. The number of hydrogen-bond donors (Lipinski definition) is 0. The van der Waals surface area contributed by atoms with Crippen molar-refractivity contribution in [3.63, 3.8) is 0 Å². The van der Waals surface area contributed by atoms with E-state index in [1.165, 1.54) is 24.7 Å². The molecule has 8 heteroatoms. The Bertz CT molecular complexity index is 1160. The lowest BCUT2D eigenvalue weighted by Gasteiger charge is -2.10. The van der Waals surface area contributed by atoms with Crippen LogP contribution in [0.5, 0.6) is 5.75 Å². The van der Waals surface area contributed by atoms with Gasteiger partial charge in [-0.1, -0.05) is 12.1 Å². The van der Waals surface area contributed by atoms with Crippen molar-refractivity contribution in [1.29, 1.82) is 0 Å². The summed E-state index contributed by atoms with van der Waals surface area (Å²) < 4.78 is 13.4. The third kappa shape index (κ3) is 5.09. The Kier molecular flexibility index (Phi) is 6.69. The normalized spacial score (nSPS) is 10.7. The molecule has 0 fully saturated rings. The first kappa shape index (κ1) is 22.0. The molecule has 2 heterocycles. The molecule has 1 aromatic carbocycles. The van der Waals surface area contributed by atoms with Crippen LogP contribution in [0, 0.1) is 13.8 Å². The molecule has 2 aromatic heterocycles. The van der Waals surface area contributed by atoms with Gasteiger partial charge in [-0.2, -0.15) is 5.10 Å². The number of esters is 1. The zero-order valence-corrected chi connectivity index (χ0v) is 18.0. The summed E-state index contributed by atoms with van der Waals surface area (Å²) in [6.45, 7) is 4.15. The van der Waals surface area contributed by atoms with Crippen molar-refractivity contribution in [2.75, 3.05) is 13.7 Å². The standard InChI is InChI=1S/C23H25N3O5/c1-15-13-19(16(2)26(15)12-11-17-5-7-18(30-4)8-6-17)21(27)14-31-23(29)20-9-10-22(28)25(3)24-20/h5-10,13H,11-12,14H2,1-4H3. The fourth-order valence-electron chi connectivity index (χ4n) is 3.35. The molecule has 3 rings (SSSR count). The van der Waals surface area contributed by atoms with Gasteiger partial charge >= 0.3 is 5.97 Å². The van der Waals surface area contributed by atoms with Crippen LogP contribution < -0.4 is 10.3 Å². The van der Waals surface area contributed by atoms with E-state index in [0.717, 1.165) is 34.8 Å². The van der Waals surface area contributed by atoms with E-state index in [1.807, 2.05) is 44.2 Å². The summed E-state index contributed by atoms with van der Waals surface area (Å²) in [6, 6.07) is 12.2. The molecule has 0 aliphatic heterocycles.